The highest BCUT2D eigenvalue weighted by molar-refractivity contribution is 9.10. The first-order valence-electron chi connectivity index (χ1n) is 10.3. The molecule has 1 amide bonds. The monoisotopic (exact) mass is 477 g/mol. The van der Waals surface area contributed by atoms with E-state index in [2.05, 4.69) is 49.4 Å². The molecule has 0 aliphatic carbocycles. The normalized spacial score (nSPS) is 12.0. The molecule has 4 aromatic rings. The standard InChI is InChI=1S/C25H24BrN3O2/c1-3-31-25-27-21-12-10-17(14-22(21)28-25)15-23(30)29-24(18-7-5-4-6-8-18)19-11-9-16(2)13-20(19)26/h4-14,24H,3,15H2,1-2H3,(H,27,28)(H,29,30). The minimum Gasteiger partial charge on any atom is -0.465 e. The molecule has 0 bridgehead atoms. The molecule has 0 aliphatic rings. The number of carbonyl (C=O) groups is 1. The number of halogens is 1. The Balaban J connectivity index is 1.57. The van der Waals surface area contributed by atoms with Crippen LogP contribution in [0.1, 0.15) is 35.2 Å². The van der Waals surface area contributed by atoms with E-state index in [0.717, 1.165) is 37.8 Å². The first-order chi connectivity index (χ1) is 15.0. The highest BCUT2D eigenvalue weighted by Gasteiger charge is 2.19. The molecule has 1 unspecified atom stereocenters. The van der Waals surface area contributed by atoms with Gasteiger partial charge < -0.3 is 15.0 Å². The molecule has 1 heterocycles. The largest absolute Gasteiger partial charge is 0.465 e. The molecule has 1 aromatic heterocycles. The summed E-state index contributed by atoms with van der Waals surface area (Å²) in [5.41, 5.74) is 5.80. The van der Waals surface area contributed by atoms with Crippen LogP contribution in [0.2, 0.25) is 0 Å². The summed E-state index contributed by atoms with van der Waals surface area (Å²) in [6, 6.07) is 22.2. The number of nitrogens with one attached hydrogen (secondary N) is 2. The van der Waals surface area contributed by atoms with Crippen molar-refractivity contribution in [3.8, 4) is 6.01 Å². The van der Waals surface area contributed by atoms with Crippen LogP contribution >= 0.6 is 15.9 Å². The Hall–Kier alpha value is -3.12. The summed E-state index contributed by atoms with van der Waals surface area (Å²) < 4.78 is 6.41. The third-order valence-corrected chi connectivity index (χ3v) is 5.76. The maximum Gasteiger partial charge on any atom is 0.294 e. The Morgan fingerprint density at radius 3 is 2.68 bits per heavy atom. The van der Waals surface area contributed by atoms with E-state index in [0.29, 0.717) is 12.6 Å². The number of hydrogen-bond donors (Lipinski definition) is 2. The van der Waals surface area contributed by atoms with Crippen LogP contribution in [0.4, 0.5) is 0 Å². The number of H-pyrrole nitrogens is 1. The van der Waals surface area contributed by atoms with Crippen molar-refractivity contribution in [1.29, 1.82) is 0 Å². The smallest absolute Gasteiger partial charge is 0.294 e. The Morgan fingerprint density at radius 1 is 1.13 bits per heavy atom. The van der Waals surface area contributed by atoms with E-state index in [4.69, 9.17) is 4.74 Å². The van der Waals surface area contributed by atoms with Gasteiger partial charge in [0.15, 0.2) is 0 Å². The quantitative estimate of drug-likeness (QED) is 0.370. The molecule has 4 rings (SSSR count). The summed E-state index contributed by atoms with van der Waals surface area (Å²) >= 11 is 3.67. The SMILES string of the molecule is CCOc1nc2ccc(CC(=O)NC(c3ccccc3)c3ccc(C)cc3Br)cc2[nH]1. The van der Waals surface area contributed by atoms with Gasteiger partial charge >= 0.3 is 0 Å². The zero-order chi connectivity index (χ0) is 21.8. The van der Waals surface area contributed by atoms with Gasteiger partial charge in [-0.3, -0.25) is 4.79 Å². The fourth-order valence-corrected chi connectivity index (χ4v) is 4.32. The van der Waals surface area contributed by atoms with Crippen molar-refractivity contribution in [3.05, 3.63) is 93.5 Å². The van der Waals surface area contributed by atoms with Crippen molar-refractivity contribution in [3.63, 3.8) is 0 Å². The van der Waals surface area contributed by atoms with Crippen LogP contribution in [0.5, 0.6) is 6.01 Å². The summed E-state index contributed by atoms with van der Waals surface area (Å²) in [5.74, 6) is -0.0507. The number of aryl methyl sites for hydroxylation is 1. The fraction of sp³-hybridized carbons (Fsp3) is 0.200. The van der Waals surface area contributed by atoms with Crippen LogP contribution in [0.3, 0.4) is 0 Å². The molecule has 1 atom stereocenters. The van der Waals surface area contributed by atoms with Crippen LogP contribution in [0.15, 0.2) is 71.2 Å². The number of aromatic amines is 1. The van der Waals surface area contributed by atoms with Crippen molar-refractivity contribution in [2.24, 2.45) is 0 Å². The van der Waals surface area contributed by atoms with Gasteiger partial charge in [0, 0.05) is 4.47 Å². The molecule has 158 valence electrons. The van der Waals surface area contributed by atoms with Gasteiger partial charge in [-0.2, -0.15) is 4.98 Å². The van der Waals surface area contributed by atoms with Crippen molar-refractivity contribution in [2.45, 2.75) is 26.3 Å². The van der Waals surface area contributed by atoms with Crippen molar-refractivity contribution >= 4 is 32.9 Å². The molecule has 0 aliphatic heterocycles. The van der Waals surface area contributed by atoms with Crippen LogP contribution in [-0.4, -0.2) is 22.5 Å². The Bertz CT molecular complexity index is 1200. The van der Waals surface area contributed by atoms with Gasteiger partial charge in [0.2, 0.25) is 5.91 Å². The Kier molecular flexibility index (Phi) is 6.37. The van der Waals surface area contributed by atoms with Gasteiger partial charge in [0.05, 0.1) is 30.1 Å². The highest BCUT2D eigenvalue weighted by Crippen LogP contribution is 2.29. The second kappa shape index (κ2) is 9.35. The summed E-state index contributed by atoms with van der Waals surface area (Å²) in [6.45, 7) is 4.51. The number of imidazole rings is 1. The highest BCUT2D eigenvalue weighted by atomic mass is 79.9. The molecule has 0 spiro atoms. The summed E-state index contributed by atoms with van der Waals surface area (Å²) in [4.78, 5) is 20.5. The summed E-state index contributed by atoms with van der Waals surface area (Å²) in [6.07, 6.45) is 0.270. The third-order valence-electron chi connectivity index (χ3n) is 5.08. The Labute approximate surface area is 190 Å². The number of carbonyl (C=O) groups excluding carboxylic acids is 1. The van der Waals surface area contributed by atoms with Crippen LogP contribution in [-0.2, 0) is 11.2 Å². The molecule has 0 radical (unpaired) electrons. The van der Waals surface area contributed by atoms with Gasteiger partial charge in [0.1, 0.15) is 0 Å². The van der Waals surface area contributed by atoms with E-state index in [-0.39, 0.29) is 18.4 Å². The predicted molar refractivity (Wildman–Crippen MR) is 126 cm³/mol. The van der Waals surface area contributed by atoms with E-state index in [1.165, 1.54) is 0 Å². The van der Waals surface area contributed by atoms with Crippen LogP contribution < -0.4 is 10.1 Å². The minimum absolute atomic E-state index is 0.0507. The van der Waals surface area contributed by atoms with Crippen molar-refractivity contribution in [1.82, 2.24) is 15.3 Å². The second-order valence-electron chi connectivity index (χ2n) is 7.44. The zero-order valence-corrected chi connectivity index (χ0v) is 19.1. The van der Waals surface area contributed by atoms with Gasteiger partial charge in [-0.15, -0.1) is 0 Å². The number of hydrogen-bond acceptors (Lipinski definition) is 3. The maximum atomic E-state index is 13.0. The topological polar surface area (TPSA) is 67.0 Å². The lowest BCUT2D eigenvalue weighted by Gasteiger charge is -2.21. The molecule has 3 aromatic carbocycles. The minimum atomic E-state index is -0.246. The number of rotatable bonds is 7. The van der Waals surface area contributed by atoms with Crippen molar-refractivity contribution in [2.75, 3.05) is 6.61 Å². The molecule has 5 nitrogen and oxygen atoms in total. The molecule has 0 saturated heterocycles. The van der Waals surface area contributed by atoms with E-state index in [1.54, 1.807) is 0 Å². The lowest BCUT2D eigenvalue weighted by Crippen LogP contribution is -2.30. The first-order valence-corrected chi connectivity index (χ1v) is 11.0. The molecule has 31 heavy (non-hydrogen) atoms. The average Bonchev–Trinajstić information content (AvgIpc) is 3.15. The van der Waals surface area contributed by atoms with E-state index in [1.807, 2.05) is 62.4 Å². The fourth-order valence-electron chi connectivity index (χ4n) is 3.60. The van der Waals surface area contributed by atoms with Gasteiger partial charge in [-0.1, -0.05) is 64.5 Å². The number of amides is 1. The van der Waals surface area contributed by atoms with E-state index >= 15 is 0 Å². The number of benzene rings is 3. The predicted octanol–water partition coefficient (Wildman–Crippen LogP) is 5.48. The Morgan fingerprint density at radius 2 is 1.94 bits per heavy atom. The molecule has 0 saturated carbocycles. The summed E-state index contributed by atoms with van der Waals surface area (Å²) in [5, 5.41) is 3.21. The number of fused-ring (bicyclic) bond motifs is 1. The van der Waals surface area contributed by atoms with Gasteiger partial charge in [-0.25, -0.2) is 0 Å². The second-order valence-corrected chi connectivity index (χ2v) is 8.29. The molecular formula is C25H24BrN3O2. The maximum absolute atomic E-state index is 13.0. The van der Waals surface area contributed by atoms with Gasteiger partial charge in [-0.05, 0) is 54.3 Å². The molecule has 6 heteroatoms. The molecule has 2 N–H and O–H groups in total. The van der Waals surface area contributed by atoms with Crippen LogP contribution in [0, 0.1) is 6.92 Å². The van der Waals surface area contributed by atoms with Gasteiger partial charge in [0.25, 0.3) is 6.01 Å². The summed E-state index contributed by atoms with van der Waals surface area (Å²) in [7, 11) is 0. The van der Waals surface area contributed by atoms with E-state index in [9.17, 15) is 4.79 Å². The lowest BCUT2D eigenvalue weighted by molar-refractivity contribution is -0.120. The lowest BCUT2D eigenvalue weighted by atomic mass is 9.97. The average molecular weight is 478 g/mol. The van der Waals surface area contributed by atoms with E-state index < -0.39 is 0 Å². The first kappa shape index (κ1) is 21.1. The molecule has 0 fully saturated rings. The number of ether oxygens (including phenoxy) is 1. The zero-order valence-electron chi connectivity index (χ0n) is 17.5. The number of aromatic nitrogens is 2. The van der Waals surface area contributed by atoms with Crippen molar-refractivity contribution < 1.29 is 9.53 Å². The third kappa shape index (κ3) is 4.97. The number of nitrogens with zero attached hydrogens (tertiary/aromatic N) is 1. The molecular weight excluding hydrogens is 454 g/mol. The van der Waals surface area contributed by atoms with Crippen LogP contribution in [0.25, 0.3) is 11.0 Å².